The Morgan fingerprint density at radius 3 is 2.87 bits per heavy atom. The Morgan fingerprint density at radius 2 is 2.09 bits per heavy atom. The van der Waals surface area contributed by atoms with Gasteiger partial charge in [0.15, 0.2) is 5.78 Å². The van der Waals surface area contributed by atoms with Gasteiger partial charge >= 0.3 is 0 Å². The summed E-state index contributed by atoms with van der Waals surface area (Å²) in [6.45, 7) is 2.06. The summed E-state index contributed by atoms with van der Waals surface area (Å²) in [6, 6.07) is 11.7. The predicted octanol–water partition coefficient (Wildman–Crippen LogP) is 3.59. The molecule has 2 heterocycles. The molecule has 116 valence electrons. The van der Waals surface area contributed by atoms with Gasteiger partial charge in [0, 0.05) is 6.20 Å². The number of carbonyl (C=O) groups excluding carboxylic acids is 1. The molecule has 2 aromatic heterocycles. The van der Waals surface area contributed by atoms with Crippen LogP contribution in [0, 0.1) is 6.92 Å². The molecular formula is C17H16N4OS. The summed E-state index contributed by atoms with van der Waals surface area (Å²) >= 11 is 1.32. The van der Waals surface area contributed by atoms with Crippen LogP contribution in [0.15, 0.2) is 47.8 Å². The number of rotatable bonds is 6. The lowest BCUT2D eigenvalue weighted by atomic mass is 10.1. The van der Waals surface area contributed by atoms with Crippen molar-refractivity contribution in [3.63, 3.8) is 0 Å². The number of aryl methyl sites for hydroxylation is 1. The molecule has 0 atom stereocenters. The predicted molar refractivity (Wildman–Crippen MR) is 92.3 cm³/mol. The molecule has 23 heavy (non-hydrogen) atoms. The summed E-state index contributed by atoms with van der Waals surface area (Å²) in [7, 11) is 0. The average Bonchev–Trinajstić information content (AvgIpc) is 3.24. The lowest BCUT2D eigenvalue weighted by molar-refractivity contribution is 0.101. The summed E-state index contributed by atoms with van der Waals surface area (Å²) in [5, 5.41) is 7.55. The van der Waals surface area contributed by atoms with E-state index in [0.717, 1.165) is 5.56 Å². The van der Waals surface area contributed by atoms with Gasteiger partial charge in [0.1, 0.15) is 5.82 Å². The van der Waals surface area contributed by atoms with E-state index in [1.807, 2.05) is 30.4 Å². The van der Waals surface area contributed by atoms with Crippen LogP contribution in [-0.4, -0.2) is 31.7 Å². The first-order valence-electron chi connectivity index (χ1n) is 7.18. The largest absolute Gasteiger partial charge is 0.359 e. The van der Waals surface area contributed by atoms with Gasteiger partial charge in [-0.05, 0) is 36.3 Å². The summed E-state index contributed by atoms with van der Waals surface area (Å²) in [5.41, 5.74) is 2.95. The number of nitrogens with zero attached hydrogens (tertiary/aromatic N) is 2. The van der Waals surface area contributed by atoms with Crippen LogP contribution in [0.2, 0.25) is 0 Å². The second-order valence-electron chi connectivity index (χ2n) is 4.99. The minimum Gasteiger partial charge on any atom is -0.359 e. The van der Waals surface area contributed by atoms with Gasteiger partial charge in [0.25, 0.3) is 0 Å². The number of hydrogen-bond donors (Lipinski definition) is 2. The van der Waals surface area contributed by atoms with Gasteiger partial charge < -0.3 is 4.98 Å². The molecule has 5 nitrogen and oxygen atoms in total. The van der Waals surface area contributed by atoms with E-state index in [4.69, 9.17) is 0 Å². The number of Topliss-reactive ketones (excluding diaryl/α,β-unsaturated/α-hetero) is 1. The Labute approximate surface area is 138 Å². The first-order chi connectivity index (χ1) is 11.2. The fraction of sp³-hybridized carbons (Fsp3) is 0.118. The molecule has 0 aliphatic carbocycles. The molecule has 1 aromatic carbocycles. The highest BCUT2D eigenvalue weighted by atomic mass is 32.2. The van der Waals surface area contributed by atoms with Crippen molar-refractivity contribution in [2.24, 2.45) is 0 Å². The first-order valence-corrected chi connectivity index (χ1v) is 8.16. The van der Waals surface area contributed by atoms with E-state index in [-0.39, 0.29) is 5.78 Å². The molecule has 0 saturated heterocycles. The number of nitrogens with one attached hydrogen (secondary N) is 2. The van der Waals surface area contributed by atoms with Crippen LogP contribution in [0.25, 0.3) is 12.2 Å². The maximum absolute atomic E-state index is 11.9. The van der Waals surface area contributed by atoms with Gasteiger partial charge in [-0.15, -0.1) is 5.10 Å². The fourth-order valence-corrected chi connectivity index (χ4v) is 2.74. The van der Waals surface area contributed by atoms with E-state index in [1.54, 1.807) is 18.3 Å². The van der Waals surface area contributed by atoms with Crippen LogP contribution in [0.4, 0.5) is 0 Å². The zero-order chi connectivity index (χ0) is 16.1. The van der Waals surface area contributed by atoms with Crippen LogP contribution in [0.5, 0.6) is 0 Å². The Balaban J connectivity index is 1.60. The minimum absolute atomic E-state index is 0.0294. The zero-order valence-electron chi connectivity index (χ0n) is 12.6. The van der Waals surface area contributed by atoms with Crippen molar-refractivity contribution >= 4 is 29.7 Å². The van der Waals surface area contributed by atoms with Gasteiger partial charge in [-0.3, -0.25) is 9.89 Å². The van der Waals surface area contributed by atoms with Crippen LogP contribution >= 0.6 is 11.8 Å². The number of H-pyrrole nitrogens is 2. The molecule has 0 fully saturated rings. The van der Waals surface area contributed by atoms with E-state index in [0.29, 0.717) is 22.4 Å². The van der Waals surface area contributed by atoms with Crippen molar-refractivity contribution < 1.29 is 4.79 Å². The highest BCUT2D eigenvalue weighted by molar-refractivity contribution is 7.99. The molecule has 0 radical (unpaired) electrons. The Morgan fingerprint density at radius 1 is 1.22 bits per heavy atom. The minimum atomic E-state index is 0.0294. The lowest BCUT2D eigenvalue weighted by Crippen LogP contribution is -2.02. The number of hydrogen-bond acceptors (Lipinski definition) is 4. The third-order valence-electron chi connectivity index (χ3n) is 3.32. The van der Waals surface area contributed by atoms with Crippen molar-refractivity contribution in [3.8, 4) is 0 Å². The molecule has 3 rings (SSSR count). The molecule has 0 aliphatic heterocycles. The number of thioether (sulfide) groups is 1. The third-order valence-corrected chi connectivity index (χ3v) is 4.17. The van der Waals surface area contributed by atoms with E-state index < -0.39 is 0 Å². The third kappa shape index (κ3) is 3.98. The molecule has 0 aliphatic rings. The van der Waals surface area contributed by atoms with Crippen LogP contribution < -0.4 is 0 Å². The highest BCUT2D eigenvalue weighted by Crippen LogP contribution is 2.16. The average molecular weight is 324 g/mol. The second kappa shape index (κ2) is 7.11. The topological polar surface area (TPSA) is 74.4 Å². The molecule has 0 saturated carbocycles. The molecule has 0 spiro atoms. The Hall–Kier alpha value is -2.60. The highest BCUT2D eigenvalue weighted by Gasteiger charge is 2.09. The Kier molecular flexibility index (Phi) is 4.73. The summed E-state index contributed by atoms with van der Waals surface area (Å²) < 4.78 is 0. The van der Waals surface area contributed by atoms with Crippen molar-refractivity contribution in [2.45, 2.75) is 12.1 Å². The van der Waals surface area contributed by atoms with Crippen molar-refractivity contribution in [3.05, 3.63) is 65.2 Å². The quantitative estimate of drug-likeness (QED) is 0.537. The lowest BCUT2D eigenvalue weighted by Gasteiger charge is -1.97. The molecule has 6 heteroatoms. The molecule has 0 bridgehead atoms. The summed E-state index contributed by atoms with van der Waals surface area (Å²) in [6.07, 6.45) is 5.61. The van der Waals surface area contributed by atoms with Crippen molar-refractivity contribution in [1.82, 2.24) is 20.2 Å². The maximum atomic E-state index is 11.9. The van der Waals surface area contributed by atoms with Gasteiger partial charge in [0.05, 0.1) is 11.4 Å². The molecule has 0 unspecified atom stereocenters. The Bertz CT molecular complexity index is 821. The standard InChI is InChI=1S/C17H16N4OS/c1-12-5-2-3-6-13(12)8-9-16-19-17(21-20-16)23-11-15(22)14-7-4-10-18-14/h2-10,18H,11H2,1H3,(H,19,20,21)/b9-8+. The van der Waals surface area contributed by atoms with Crippen molar-refractivity contribution in [1.29, 1.82) is 0 Å². The molecular weight excluding hydrogens is 308 g/mol. The zero-order valence-corrected chi connectivity index (χ0v) is 13.4. The normalized spacial score (nSPS) is 11.2. The monoisotopic (exact) mass is 324 g/mol. The van der Waals surface area contributed by atoms with Gasteiger partial charge in [-0.2, -0.15) is 0 Å². The molecule has 2 N–H and O–H groups in total. The number of carbonyl (C=O) groups is 1. The summed E-state index contributed by atoms with van der Waals surface area (Å²) in [5.74, 6) is 1.00. The van der Waals surface area contributed by atoms with Crippen molar-refractivity contribution in [2.75, 3.05) is 5.75 Å². The number of aromatic amines is 2. The number of aromatic nitrogens is 4. The van der Waals surface area contributed by atoms with Gasteiger partial charge in [0.2, 0.25) is 5.16 Å². The SMILES string of the molecule is Cc1ccccc1/C=C/c1nc(SCC(=O)c2ccc[nH]2)n[nH]1. The maximum Gasteiger partial charge on any atom is 0.209 e. The van der Waals surface area contributed by atoms with E-state index >= 15 is 0 Å². The van der Waals surface area contributed by atoms with Gasteiger partial charge in [-0.25, -0.2) is 4.98 Å². The smallest absolute Gasteiger partial charge is 0.209 e. The van der Waals surface area contributed by atoms with Crippen LogP contribution in [-0.2, 0) is 0 Å². The fourth-order valence-electron chi connectivity index (χ4n) is 2.05. The van der Waals surface area contributed by atoms with Gasteiger partial charge in [-0.1, -0.05) is 42.1 Å². The van der Waals surface area contributed by atoms with Crippen LogP contribution in [0.3, 0.4) is 0 Å². The molecule has 3 aromatic rings. The second-order valence-corrected chi connectivity index (χ2v) is 5.93. The van der Waals surface area contributed by atoms with E-state index in [1.165, 1.54) is 17.3 Å². The molecule has 0 amide bonds. The van der Waals surface area contributed by atoms with Crippen LogP contribution in [0.1, 0.15) is 27.4 Å². The first kappa shape index (κ1) is 15.3. The number of benzene rings is 1. The summed E-state index contributed by atoms with van der Waals surface area (Å²) in [4.78, 5) is 19.2. The number of ketones is 1. The van der Waals surface area contributed by atoms with E-state index in [9.17, 15) is 4.79 Å². The van der Waals surface area contributed by atoms with E-state index in [2.05, 4.69) is 33.2 Å².